The van der Waals surface area contributed by atoms with E-state index in [1.54, 1.807) is 28.6 Å². The fourth-order valence-electron chi connectivity index (χ4n) is 3.15. The SMILES string of the molecule is NC(=O)c1cc(-c2csc(NC(=O)/C=C/c3ccc(N4CCCC4=O)cc3)n2)c[nH]1. The molecule has 4 rings (SSSR count). The van der Waals surface area contributed by atoms with Crippen LogP contribution in [-0.4, -0.2) is 34.2 Å². The number of rotatable bonds is 6. The Bertz CT molecular complexity index is 1130. The van der Waals surface area contributed by atoms with Crippen molar-refractivity contribution in [1.82, 2.24) is 9.97 Å². The smallest absolute Gasteiger partial charge is 0.265 e. The third-order valence-electron chi connectivity index (χ3n) is 4.68. The van der Waals surface area contributed by atoms with Gasteiger partial charge in [-0.25, -0.2) is 4.98 Å². The molecule has 0 saturated carbocycles. The van der Waals surface area contributed by atoms with Crippen LogP contribution in [0, 0.1) is 0 Å². The molecule has 2 aromatic heterocycles. The Morgan fingerprint density at radius 3 is 2.73 bits per heavy atom. The van der Waals surface area contributed by atoms with Crippen LogP contribution in [0.3, 0.4) is 0 Å². The maximum atomic E-state index is 12.2. The first-order chi connectivity index (χ1) is 14.5. The zero-order valence-electron chi connectivity index (χ0n) is 15.9. The molecule has 3 amide bonds. The van der Waals surface area contributed by atoms with Crippen molar-refractivity contribution in [2.75, 3.05) is 16.8 Å². The molecule has 0 radical (unpaired) electrons. The van der Waals surface area contributed by atoms with Crippen LogP contribution in [0.25, 0.3) is 17.3 Å². The van der Waals surface area contributed by atoms with Gasteiger partial charge in [-0.3, -0.25) is 19.7 Å². The average Bonchev–Trinajstić information content (AvgIpc) is 3.47. The maximum absolute atomic E-state index is 12.2. The summed E-state index contributed by atoms with van der Waals surface area (Å²) in [5, 5.41) is 4.95. The lowest BCUT2D eigenvalue weighted by Gasteiger charge is -2.15. The van der Waals surface area contributed by atoms with Gasteiger partial charge in [-0.05, 0) is 36.3 Å². The Balaban J connectivity index is 1.36. The molecule has 1 aliphatic heterocycles. The van der Waals surface area contributed by atoms with E-state index in [2.05, 4.69) is 15.3 Å². The van der Waals surface area contributed by atoms with Crippen molar-refractivity contribution in [1.29, 1.82) is 0 Å². The van der Waals surface area contributed by atoms with Crippen molar-refractivity contribution in [3.8, 4) is 11.3 Å². The summed E-state index contributed by atoms with van der Waals surface area (Å²) in [4.78, 5) is 44.1. The summed E-state index contributed by atoms with van der Waals surface area (Å²) in [6.45, 7) is 0.749. The normalized spacial score (nSPS) is 13.9. The highest BCUT2D eigenvalue weighted by Crippen LogP contribution is 2.26. The predicted molar refractivity (Wildman–Crippen MR) is 116 cm³/mol. The van der Waals surface area contributed by atoms with Crippen LogP contribution in [0.4, 0.5) is 10.8 Å². The number of amides is 3. The summed E-state index contributed by atoms with van der Waals surface area (Å²) < 4.78 is 0. The van der Waals surface area contributed by atoms with E-state index >= 15 is 0 Å². The largest absolute Gasteiger partial charge is 0.364 e. The Morgan fingerprint density at radius 1 is 1.27 bits per heavy atom. The molecular formula is C21H19N5O3S. The molecule has 8 nitrogen and oxygen atoms in total. The number of carbonyl (C=O) groups is 3. The van der Waals surface area contributed by atoms with Gasteiger partial charge in [-0.15, -0.1) is 11.3 Å². The number of thiazole rings is 1. The van der Waals surface area contributed by atoms with Crippen molar-refractivity contribution < 1.29 is 14.4 Å². The minimum Gasteiger partial charge on any atom is -0.364 e. The summed E-state index contributed by atoms with van der Waals surface area (Å²) in [7, 11) is 0. The second-order valence-corrected chi connectivity index (χ2v) is 7.63. The van der Waals surface area contributed by atoms with Gasteiger partial charge >= 0.3 is 0 Å². The second kappa shape index (κ2) is 8.34. The van der Waals surface area contributed by atoms with Crippen LogP contribution < -0.4 is 16.0 Å². The molecular weight excluding hydrogens is 402 g/mol. The summed E-state index contributed by atoms with van der Waals surface area (Å²) >= 11 is 1.28. The number of aromatic amines is 1. The third kappa shape index (κ3) is 4.31. The summed E-state index contributed by atoms with van der Waals surface area (Å²) in [5.41, 5.74) is 8.61. The van der Waals surface area contributed by atoms with Gasteiger partial charge in [-0.2, -0.15) is 0 Å². The molecule has 0 unspecified atom stereocenters. The molecule has 30 heavy (non-hydrogen) atoms. The number of aromatic nitrogens is 2. The molecule has 3 aromatic rings. The van der Waals surface area contributed by atoms with Crippen LogP contribution in [0.15, 0.2) is 48.0 Å². The van der Waals surface area contributed by atoms with Crippen LogP contribution in [-0.2, 0) is 9.59 Å². The van der Waals surface area contributed by atoms with Gasteiger partial charge in [0.1, 0.15) is 5.69 Å². The lowest BCUT2D eigenvalue weighted by Crippen LogP contribution is -2.23. The number of H-pyrrole nitrogens is 1. The highest BCUT2D eigenvalue weighted by molar-refractivity contribution is 7.14. The Morgan fingerprint density at radius 2 is 2.07 bits per heavy atom. The van der Waals surface area contributed by atoms with Crippen LogP contribution in [0.5, 0.6) is 0 Å². The molecule has 1 fully saturated rings. The van der Waals surface area contributed by atoms with E-state index in [1.807, 2.05) is 24.3 Å². The molecule has 4 N–H and O–H groups in total. The molecule has 0 bridgehead atoms. The maximum Gasteiger partial charge on any atom is 0.265 e. The summed E-state index contributed by atoms with van der Waals surface area (Å²) in [6, 6.07) is 9.11. The van der Waals surface area contributed by atoms with Gasteiger partial charge in [-0.1, -0.05) is 12.1 Å². The average molecular weight is 421 g/mol. The molecule has 1 aliphatic rings. The highest BCUT2D eigenvalue weighted by Gasteiger charge is 2.21. The molecule has 0 aliphatic carbocycles. The van der Waals surface area contributed by atoms with Crippen LogP contribution in [0.1, 0.15) is 28.9 Å². The Hall–Kier alpha value is -3.72. The fourth-order valence-corrected chi connectivity index (χ4v) is 3.88. The van der Waals surface area contributed by atoms with Crippen LogP contribution in [0.2, 0.25) is 0 Å². The molecule has 9 heteroatoms. The lowest BCUT2D eigenvalue weighted by atomic mass is 10.2. The number of primary amides is 1. The standard InChI is InChI=1S/C21H19N5O3S/c22-20(29)16-10-14(11-23-16)17-12-30-21(24-17)25-18(27)8-5-13-3-6-15(7-4-13)26-9-1-2-19(26)28/h3-8,10-12,23H,1-2,9H2,(H2,22,29)(H,24,25,27)/b8-5+. The Labute approximate surface area is 176 Å². The van der Waals surface area contributed by atoms with Crippen molar-refractivity contribution in [2.24, 2.45) is 5.73 Å². The topological polar surface area (TPSA) is 121 Å². The molecule has 152 valence electrons. The van der Waals surface area contributed by atoms with Crippen molar-refractivity contribution in [3.05, 3.63) is 59.2 Å². The zero-order chi connectivity index (χ0) is 21.1. The number of hydrogen-bond donors (Lipinski definition) is 3. The third-order valence-corrected chi connectivity index (χ3v) is 5.44. The monoisotopic (exact) mass is 421 g/mol. The molecule has 0 spiro atoms. The molecule has 1 saturated heterocycles. The Kier molecular flexibility index (Phi) is 5.44. The highest BCUT2D eigenvalue weighted by atomic mass is 32.1. The van der Waals surface area contributed by atoms with E-state index < -0.39 is 5.91 Å². The van der Waals surface area contributed by atoms with Crippen molar-refractivity contribution >= 4 is 46.0 Å². The van der Waals surface area contributed by atoms with E-state index in [9.17, 15) is 14.4 Å². The summed E-state index contributed by atoms with van der Waals surface area (Å²) in [6.07, 6.45) is 6.25. The first kappa shape index (κ1) is 19.6. The minimum absolute atomic E-state index is 0.144. The molecule has 1 aromatic carbocycles. The van der Waals surface area contributed by atoms with E-state index in [0.717, 1.165) is 24.2 Å². The van der Waals surface area contributed by atoms with Crippen LogP contribution >= 0.6 is 11.3 Å². The quantitative estimate of drug-likeness (QED) is 0.530. The lowest BCUT2D eigenvalue weighted by molar-refractivity contribution is -0.117. The number of anilines is 2. The van der Waals surface area contributed by atoms with E-state index in [4.69, 9.17) is 5.73 Å². The van der Waals surface area contributed by atoms with E-state index in [1.165, 1.54) is 17.4 Å². The van der Waals surface area contributed by atoms with Gasteiger partial charge < -0.3 is 15.6 Å². The van der Waals surface area contributed by atoms with E-state index in [-0.39, 0.29) is 11.8 Å². The van der Waals surface area contributed by atoms with Crippen molar-refractivity contribution in [2.45, 2.75) is 12.8 Å². The summed E-state index contributed by atoms with van der Waals surface area (Å²) in [5.74, 6) is -0.706. The number of nitrogens with two attached hydrogens (primary N) is 1. The zero-order valence-corrected chi connectivity index (χ0v) is 16.7. The fraction of sp³-hybridized carbons (Fsp3) is 0.143. The molecule has 3 heterocycles. The predicted octanol–water partition coefficient (Wildman–Crippen LogP) is 3.02. The number of nitrogens with zero attached hydrogens (tertiary/aromatic N) is 2. The first-order valence-electron chi connectivity index (χ1n) is 9.33. The van der Waals surface area contributed by atoms with Crippen molar-refractivity contribution in [3.63, 3.8) is 0 Å². The van der Waals surface area contributed by atoms with Gasteiger partial charge in [0.2, 0.25) is 11.8 Å². The van der Waals surface area contributed by atoms with E-state index in [0.29, 0.717) is 28.5 Å². The number of nitrogens with one attached hydrogen (secondary N) is 2. The van der Waals surface area contributed by atoms with Gasteiger partial charge in [0.15, 0.2) is 5.13 Å². The molecule has 0 atom stereocenters. The number of benzene rings is 1. The number of carbonyl (C=O) groups excluding carboxylic acids is 3. The van der Waals surface area contributed by atoms with Gasteiger partial charge in [0, 0.05) is 41.9 Å². The van der Waals surface area contributed by atoms with Gasteiger partial charge in [0.05, 0.1) is 5.69 Å². The second-order valence-electron chi connectivity index (χ2n) is 6.77. The minimum atomic E-state index is -0.546. The first-order valence-corrected chi connectivity index (χ1v) is 10.2. The number of hydrogen-bond acceptors (Lipinski definition) is 5. The van der Waals surface area contributed by atoms with Gasteiger partial charge in [0.25, 0.3) is 5.91 Å².